The van der Waals surface area contributed by atoms with Gasteiger partial charge in [-0.2, -0.15) is 0 Å². The van der Waals surface area contributed by atoms with Crippen molar-refractivity contribution in [1.29, 1.82) is 0 Å². The molecule has 2 aromatic rings. The topological polar surface area (TPSA) is 66.5 Å². The van der Waals surface area contributed by atoms with Crippen LogP contribution in [0.1, 0.15) is 31.9 Å². The fourth-order valence-electron chi connectivity index (χ4n) is 3.07. The summed E-state index contributed by atoms with van der Waals surface area (Å²) >= 11 is 12.2. The number of amides is 1. The van der Waals surface area contributed by atoms with Gasteiger partial charge in [0, 0.05) is 10.7 Å². The molecule has 0 bridgehead atoms. The molecule has 28 heavy (non-hydrogen) atoms. The molecule has 8 heteroatoms. The Kier molecular flexibility index (Phi) is 7.37. The summed E-state index contributed by atoms with van der Waals surface area (Å²) < 4.78 is 26.0. The maximum absolute atomic E-state index is 13.0. The van der Waals surface area contributed by atoms with Crippen LogP contribution in [0.3, 0.4) is 0 Å². The number of nitrogens with zero attached hydrogens (tertiary/aromatic N) is 1. The number of aryl methyl sites for hydroxylation is 2. The predicted octanol–water partition coefficient (Wildman–Crippen LogP) is 4.91. The Bertz CT molecular complexity index is 955. The van der Waals surface area contributed by atoms with Gasteiger partial charge in [0.05, 0.1) is 17.0 Å². The molecule has 5 nitrogen and oxygen atoms in total. The van der Waals surface area contributed by atoms with E-state index >= 15 is 0 Å². The first kappa shape index (κ1) is 22.5. The van der Waals surface area contributed by atoms with Crippen LogP contribution in [0, 0.1) is 0 Å². The third kappa shape index (κ3) is 4.99. The zero-order valence-corrected chi connectivity index (χ0v) is 18.6. The Labute approximate surface area is 176 Å². The van der Waals surface area contributed by atoms with Crippen molar-refractivity contribution in [3.8, 4) is 0 Å². The van der Waals surface area contributed by atoms with Crippen LogP contribution in [-0.2, 0) is 27.7 Å². The number of para-hydroxylation sites is 1. The second kappa shape index (κ2) is 9.16. The number of nitrogens with one attached hydrogen (secondary N) is 1. The van der Waals surface area contributed by atoms with Gasteiger partial charge in [-0.15, -0.1) is 0 Å². The smallest absolute Gasteiger partial charge is 0.248 e. The maximum Gasteiger partial charge on any atom is 0.248 e. The van der Waals surface area contributed by atoms with E-state index in [-0.39, 0.29) is 10.7 Å². The molecule has 0 heterocycles. The van der Waals surface area contributed by atoms with E-state index < -0.39 is 22.0 Å². The largest absolute Gasteiger partial charge is 0.324 e. The van der Waals surface area contributed by atoms with Crippen LogP contribution >= 0.6 is 23.2 Å². The van der Waals surface area contributed by atoms with Crippen molar-refractivity contribution in [1.82, 2.24) is 0 Å². The second-order valence-corrected chi connectivity index (χ2v) is 9.18. The van der Waals surface area contributed by atoms with Crippen molar-refractivity contribution in [3.05, 3.63) is 57.6 Å². The Morgan fingerprint density at radius 3 is 2.18 bits per heavy atom. The highest BCUT2D eigenvalue weighted by Gasteiger charge is 2.31. The van der Waals surface area contributed by atoms with Crippen molar-refractivity contribution >= 4 is 50.5 Å². The molecule has 0 radical (unpaired) electrons. The minimum absolute atomic E-state index is 0.166. The number of carbonyl (C=O) groups is 1. The number of hydrogen-bond donors (Lipinski definition) is 1. The summed E-state index contributed by atoms with van der Waals surface area (Å²) in [6.45, 7) is 5.53. The molecule has 0 saturated heterocycles. The molecular formula is C20H24Cl2N2O3S. The van der Waals surface area contributed by atoms with E-state index in [1.807, 2.05) is 32.0 Å². The van der Waals surface area contributed by atoms with E-state index in [0.717, 1.165) is 40.2 Å². The summed E-state index contributed by atoms with van der Waals surface area (Å²) in [6.07, 6.45) is 2.52. The van der Waals surface area contributed by atoms with Crippen LogP contribution in [0.2, 0.25) is 10.0 Å². The van der Waals surface area contributed by atoms with Gasteiger partial charge < -0.3 is 5.32 Å². The van der Waals surface area contributed by atoms with Gasteiger partial charge in [0.15, 0.2) is 0 Å². The van der Waals surface area contributed by atoms with E-state index in [1.165, 1.54) is 19.1 Å². The highest BCUT2D eigenvalue weighted by atomic mass is 35.5. The zero-order valence-electron chi connectivity index (χ0n) is 16.3. The third-order valence-corrected chi connectivity index (χ3v) is 6.26. The minimum atomic E-state index is -3.80. The van der Waals surface area contributed by atoms with Crippen LogP contribution in [0.25, 0.3) is 0 Å². The van der Waals surface area contributed by atoms with Crippen molar-refractivity contribution in [2.45, 2.75) is 39.7 Å². The van der Waals surface area contributed by atoms with E-state index in [9.17, 15) is 13.2 Å². The van der Waals surface area contributed by atoms with Gasteiger partial charge in [-0.05, 0) is 49.1 Å². The lowest BCUT2D eigenvalue weighted by atomic mass is 10.0. The summed E-state index contributed by atoms with van der Waals surface area (Å²) in [6, 6.07) is 9.31. The van der Waals surface area contributed by atoms with E-state index in [0.29, 0.717) is 5.02 Å². The fraction of sp³-hybridized carbons (Fsp3) is 0.350. The lowest BCUT2D eigenvalue weighted by Crippen LogP contribution is -2.45. The average molecular weight is 443 g/mol. The van der Waals surface area contributed by atoms with Crippen LogP contribution in [0.15, 0.2) is 36.4 Å². The van der Waals surface area contributed by atoms with Gasteiger partial charge in [-0.3, -0.25) is 9.10 Å². The average Bonchev–Trinajstić information content (AvgIpc) is 2.63. The molecule has 0 unspecified atom stereocenters. The molecule has 0 spiro atoms. The molecule has 0 saturated carbocycles. The number of halogens is 2. The quantitative estimate of drug-likeness (QED) is 0.661. The lowest BCUT2D eigenvalue weighted by Gasteiger charge is -2.29. The number of sulfonamides is 1. The highest BCUT2D eigenvalue weighted by Crippen LogP contribution is 2.32. The van der Waals surface area contributed by atoms with Gasteiger partial charge in [0.25, 0.3) is 0 Å². The molecular weight excluding hydrogens is 419 g/mol. The first-order valence-electron chi connectivity index (χ1n) is 8.96. The van der Waals surface area contributed by atoms with Crippen LogP contribution in [0.5, 0.6) is 0 Å². The Balaban J connectivity index is 2.45. The molecule has 0 aliphatic rings. The SMILES string of the molecule is CCc1cccc(CC)c1NC(=O)[C@H](C)N(c1cc(Cl)ccc1Cl)S(C)(=O)=O. The summed E-state index contributed by atoms with van der Waals surface area (Å²) in [5.74, 6) is -0.447. The zero-order chi connectivity index (χ0) is 21.1. The van der Waals surface area contributed by atoms with Crippen molar-refractivity contribution in [2.24, 2.45) is 0 Å². The Morgan fingerprint density at radius 1 is 1.11 bits per heavy atom. The minimum Gasteiger partial charge on any atom is -0.324 e. The second-order valence-electron chi connectivity index (χ2n) is 6.48. The van der Waals surface area contributed by atoms with E-state index in [4.69, 9.17) is 23.2 Å². The Morgan fingerprint density at radius 2 is 1.68 bits per heavy atom. The summed E-state index contributed by atoms with van der Waals surface area (Å²) in [4.78, 5) is 13.0. The van der Waals surface area contributed by atoms with E-state index in [1.54, 1.807) is 6.07 Å². The lowest BCUT2D eigenvalue weighted by molar-refractivity contribution is -0.116. The predicted molar refractivity (Wildman–Crippen MR) is 117 cm³/mol. The molecule has 0 aliphatic carbocycles. The van der Waals surface area contributed by atoms with Gasteiger partial charge in [0.1, 0.15) is 6.04 Å². The molecule has 1 atom stereocenters. The standard InChI is InChI=1S/C20H24Cl2N2O3S/c1-5-14-8-7-9-15(6-2)19(14)23-20(25)13(3)24(28(4,26)27)18-12-16(21)10-11-17(18)22/h7-13H,5-6H2,1-4H3,(H,23,25)/t13-/m0/s1. The van der Waals surface area contributed by atoms with Crippen molar-refractivity contribution in [3.63, 3.8) is 0 Å². The molecule has 1 N–H and O–H groups in total. The highest BCUT2D eigenvalue weighted by molar-refractivity contribution is 7.92. The molecule has 0 aromatic heterocycles. The third-order valence-electron chi connectivity index (χ3n) is 4.48. The van der Waals surface area contributed by atoms with Gasteiger partial charge in [0.2, 0.25) is 15.9 Å². The summed E-state index contributed by atoms with van der Waals surface area (Å²) in [5, 5.41) is 3.43. The molecule has 152 valence electrons. The monoisotopic (exact) mass is 442 g/mol. The maximum atomic E-state index is 13.0. The van der Waals surface area contributed by atoms with Gasteiger partial charge in [-0.25, -0.2) is 8.42 Å². The number of rotatable bonds is 7. The normalized spacial score (nSPS) is 12.5. The van der Waals surface area contributed by atoms with E-state index in [2.05, 4.69) is 5.32 Å². The van der Waals surface area contributed by atoms with Crippen LogP contribution < -0.4 is 9.62 Å². The summed E-state index contributed by atoms with van der Waals surface area (Å²) in [7, 11) is -3.80. The first-order chi connectivity index (χ1) is 13.1. The molecule has 0 aliphatic heterocycles. The van der Waals surface area contributed by atoms with Crippen LogP contribution in [-0.4, -0.2) is 26.6 Å². The number of anilines is 2. The number of hydrogen-bond acceptors (Lipinski definition) is 3. The first-order valence-corrected chi connectivity index (χ1v) is 11.6. The molecule has 0 fully saturated rings. The van der Waals surface area contributed by atoms with Gasteiger partial charge in [-0.1, -0.05) is 55.2 Å². The Hall–Kier alpha value is -1.76. The van der Waals surface area contributed by atoms with Crippen LogP contribution in [0.4, 0.5) is 11.4 Å². The van der Waals surface area contributed by atoms with Crippen molar-refractivity contribution < 1.29 is 13.2 Å². The number of benzene rings is 2. The fourth-order valence-corrected chi connectivity index (χ4v) is 4.67. The molecule has 2 aromatic carbocycles. The number of carbonyl (C=O) groups excluding carboxylic acids is 1. The van der Waals surface area contributed by atoms with Crippen molar-refractivity contribution in [2.75, 3.05) is 15.9 Å². The summed E-state index contributed by atoms with van der Waals surface area (Å²) in [5.41, 5.74) is 2.88. The molecule has 1 amide bonds. The van der Waals surface area contributed by atoms with Gasteiger partial charge >= 0.3 is 0 Å². The molecule has 2 rings (SSSR count).